The van der Waals surface area contributed by atoms with Gasteiger partial charge in [0.1, 0.15) is 5.69 Å². The van der Waals surface area contributed by atoms with Crippen molar-refractivity contribution in [3.8, 4) is 0 Å². The quantitative estimate of drug-likeness (QED) is 0.934. The molecule has 4 rings (SSSR count). The Morgan fingerprint density at radius 2 is 2.12 bits per heavy atom. The number of H-pyrrole nitrogens is 1. The van der Waals surface area contributed by atoms with E-state index in [1.165, 1.54) is 12.5 Å². The third-order valence-electron chi connectivity index (χ3n) is 5.46. The molecule has 0 bridgehead atoms. The number of para-hydroxylation sites is 1. The molecule has 0 spiro atoms. The lowest BCUT2D eigenvalue weighted by Gasteiger charge is -2.33. The number of likely N-dealkylation sites (tertiary alicyclic amines) is 1. The van der Waals surface area contributed by atoms with E-state index in [0.717, 1.165) is 51.1 Å². The number of pyridine rings is 1. The Morgan fingerprint density at radius 3 is 2.96 bits per heavy atom. The highest BCUT2D eigenvalue weighted by Crippen LogP contribution is 2.28. The van der Waals surface area contributed by atoms with Crippen LogP contribution < -0.4 is 5.43 Å². The van der Waals surface area contributed by atoms with Crippen molar-refractivity contribution in [1.82, 2.24) is 9.88 Å². The highest BCUT2D eigenvalue weighted by atomic mass is 16.5. The van der Waals surface area contributed by atoms with E-state index in [-0.39, 0.29) is 11.3 Å². The molecule has 2 aliphatic rings. The highest BCUT2D eigenvalue weighted by Gasteiger charge is 2.28. The lowest BCUT2D eigenvalue weighted by molar-refractivity contribution is 0.0647. The Hall–Kier alpha value is -2.14. The number of benzene rings is 1. The monoisotopic (exact) mass is 340 g/mol. The molecule has 0 radical (unpaired) electrons. The first-order valence-corrected chi connectivity index (χ1v) is 9.20. The molecular weight excluding hydrogens is 316 g/mol. The molecule has 1 N–H and O–H groups in total. The van der Waals surface area contributed by atoms with Crippen LogP contribution in [0.3, 0.4) is 0 Å². The van der Waals surface area contributed by atoms with Gasteiger partial charge in [-0.25, -0.2) is 0 Å². The Kier molecular flexibility index (Phi) is 4.57. The lowest BCUT2D eigenvalue weighted by Crippen LogP contribution is -2.41. The Bertz CT molecular complexity index is 823. The number of aromatic amines is 1. The van der Waals surface area contributed by atoms with Crippen LogP contribution in [-0.4, -0.2) is 42.1 Å². The van der Waals surface area contributed by atoms with Gasteiger partial charge in [-0.3, -0.25) is 9.59 Å². The van der Waals surface area contributed by atoms with E-state index >= 15 is 0 Å². The fraction of sp³-hybridized carbons (Fsp3) is 0.500. The SMILES string of the molecule is O=C(c1cc(=O)c2ccccc2[nH]1)N1CCCC(CC2CCOC2)C1. The van der Waals surface area contributed by atoms with Gasteiger partial charge in [0.2, 0.25) is 0 Å². The van der Waals surface area contributed by atoms with Gasteiger partial charge in [0.05, 0.1) is 0 Å². The topological polar surface area (TPSA) is 62.4 Å². The molecule has 0 saturated carbocycles. The molecule has 2 aromatic rings. The van der Waals surface area contributed by atoms with Gasteiger partial charge in [-0.15, -0.1) is 0 Å². The van der Waals surface area contributed by atoms with E-state index in [4.69, 9.17) is 4.74 Å². The third kappa shape index (κ3) is 3.47. The zero-order valence-electron chi connectivity index (χ0n) is 14.4. The van der Waals surface area contributed by atoms with E-state index in [1.54, 1.807) is 6.07 Å². The van der Waals surface area contributed by atoms with Crippen molar-refractivity contribution in [2.24, 2.45) is 11.8 Å². The minimum Gasteiger partial charge on any atom is -0.381 e. The molecule has 1 amide bonds. The lowest BCUT2D eigenvalue weighted by atomic mass is 9.88. The summed E-state index contributed by atoms with van der Waals surface area (Å²) >= 11 is 0. The van der Waals surface area contributed by atoms with Crippen molar-refractivity contribution in [2.75, 3.05) is 26.3 Å². The normalized spacial score (nSPS) is 23.9. The molecule has 2 unspecified atom stereocenters. The maximum absolute atomic E-state index is 12.9. The molecular formula is C20H24N2O3. The van der Waals surface area contributed by atoms with Crippen molar-refractivity contribution in [3.63, 3.8) is 0 Å². The van der Waals surface area contributed by atoms with Gasteiger partial charge in [-0.1, -0.05) is 12.1 Å². The number of carbonyl (C=O) groups is 1. The van der Waals surface area contributed by atoms with Gasteiger partial charge in [-0.2, -0.15) is 0 Å². The Balaban J connectivity index is 1.50. The number of hydrogen-bond acceptors (Lipinski definition) is 3. The second-order valence-corrected chi connectivity index (χ2v) is 7.32. The summed E-state index contributed by atoms with van der Waals surface area (Å²) in [6, 6.07) is 8.77. The van der Waals surface area contributed by atoms with Gasteiger partial charge in [0, 0.05) is 43.3 Å². The average molecular weight is 340 g/mol. The Morgan fingerprint density at radius 1 is 1.24 bits per heavy atom. The van der Waals surface area contributed by atoms with Crippen molar-refractivity contribution >= 4 is 16.8 Å². The zero-order chi connectivity index (χ0) is 17.2. The molecule has 25 heavy (non-hydrogen) atoms. The summed E-state index contributed by atoms with van der Waals surface area (Å²) in [5.74, 6) is 1.12. The fourth-order valence-corrected chi connectivity index (χ4v) is 4.17. The number of amides is 1. The van der Waals surface area contributed by atoms with E-state index in [0.29, 0.717) is 22.9 Å². The molecule has 5 nitrogen and oxygen atoms in total. The number of aromatic nitrogens is 1. The summed E-state index contributed by atoms with van der Waals surface area (Å²) in [6.07, 6.45) is 4.48. The summed E-state index contributed by atoms with van der Waals surface area (Å²) in [6.45, 7) is 3.29. The predicted octanol–water partition coefficient (Wildman–Crippen LogP) is 2.81. The molecule has 0 aliphatic carbocycles. The molecule has 3 heterocycles. The smallest absolute Gasteiger partial charge is 0.270 e. The fourth-order valence-electron chi connectivity index (χ4n) is 4.17. The highest BCUT2D eigenvalue weighted by molar-refractivity contribution is 5.94. The average Bonchev–Trinajstić information content (AvgIpc) is 3.14. The minimum atomic E-state index is -0.102. The minimum absolute atomic E-state index is 0.0600. The Labute approximate surface area is 147 Å². The van der Waals surface area contributed by atoms with Gasteiger partial charge in [0.15, 0.2) is 5.43 Å². The zero-order valence-corrected chi connectivity index (χ0v) is 14.4. The van der Waals surface area contributed by atoms with Gasteiger partial charge in [0.25, 0.3) is 5.91 Å². The van der Waals surface area contributed by atoms with Crippen molar-refractivity contribution in [1.29, 1.82) is 0 Å². The number of carbonyl (C=O) groups excluding carboxylic acids is 1. The van der Waals surface area contributed by atoms with Crippen molar-refractivity contribution in [3.05, 3.63) is 46.2 Å². The van der Waals surface area contributed by atoms with Gasteiger partial charge < -0.3 is 14.6 Å². The number of rotatable bonds is 3. The van der Waals surface area contributed by atoms with Crippen molar-refractivity contribution in [2.45, 2.75) is 25.7 Å². The number of ether oxygens (including phenoxy) is 1. The van der Waals surface area contributed by atoms with Crippen LogP contribution in [0.15, 0.2) is 35.1 Å². The molecule has 132 valence electrons. The number of nitrogens with zero attached hydrogens (tertiary/aromatic N) is 1. The van der Waals surface area contributed by atoms with Crippen LogP contribution in [0.2, 0.25) is 0 Å². The number of nitrogens with one attached hydrogen (secondary N) is 1. The summed E-state index contributed by atoms with van der Waals surface area (Å²) in [7, 11) is 0. The second-order valence-electron chi connectivity index (χ2n) is 7.32. The first-order valence-electron chi connectivity index (χ1n) is 9.20. The van der Waals surface area contributed by atoms with Crippen LogP contribution in [-0.2, 0) is 4.74 Å². The van der Waals surface area contributed by atoms with E-state index in [9.17, 15) is 9.59 Å². The van der Waals surface area contributed by atoms with E-state index in [1.807, 2.05) is 23.1 Å². The van der Waals surface area contributed by atoms with Crippen molar-refractivity contribution < 1.29 is 9.53 Å². The molecule has 1 aromatic heterocycles. The van der Waals surface area contributed by atoms with Gasteiger partial charge >= 0.3 is 0 Å². The van der Waals surface area contributed by atoms with Crippen LogP contribution >= 0.6 is 0 Å². The predicted molar refractivity (Wildman–Crippen MR) is 96.7 cm³/mol. The summed E-state index contributed by atoms with van der Waals surface area (Å²) in [4.78, 5) is 30.2. The first kappa shape index (κ1) is 16.3. The summed E-state index contributed by atoms with van der Waals surface area (Å²) in [5.41, 5.74) is 1.01. The van der Waals surface area contributed by atoms with Crippen LogP contribution in [0.5, 0.6) is 0 Å². The maximum atomic E-state index is 12.9. The van der Waals surface area contributed by atoms with E-state index < -0.39 is 0 Å². The molecule has 2 aliphatic heterocycles. The molecule has 5 heteroatoms. The van der Waals surface area contributed by atoms with Crippen LogP contribution in [0.25, 0.3) is 10.9 Å². The summed E-state index contributed by atoms with van der Waals surface area (Å²) in [5, 5.41) is 0.622. The molecule has 2 fully saturated rings. The first-order chi connectivity index (χ1) is 12.2. The largest absolute Gasteiger partial charge is 0.381 e. The molecule has 1 aromatic carbocycles. The standard InChI is InChI=1S/C20H24N2O3/c23-19-11-18(21-17-6-2-1-5-16(17)19)20(24)22-8-3-4-14(12-22)10-15-7-9-25-13-15/h1-2,5-6,11,14-15H,3-4,7-10,12-13H2,(H,21,23). The molecule has 2 saturated heterocycles. The van der Waals surface area contributed by atoms with Crippen LogP contribution in [0, 0.1) is 11.8 Å². The van der Waals surface area contributed by atoms with E-state index in [2.05, 4.69) is 4.98 Å². The molecule has 2 atom stereocenters. The van der Waals surface area contributed by atoms with Crippen LogP contribution in [0.1, 0.15) is 36.2 Å². The number of piperidine rings is 1. The second kappa shape index (κ2) is 7.00. The third-order valence-corrected chi connectivity index (χ3v) is 5.46. The number of fused-ring (bicyclic) bond motifs is 1. The number of hydrogen-bond donors (Lipinski definition) is 1. The van der Waals surface area contributed by atoms with Gasteiger partial charge in [-0.05, 0) is 49.7 Å². The summed E-state index contributed by atoms with van der Waals surface area (Å²) < 4.78 is 5.48. The van der Waals surface area contributed by atoms with Crippen LogP contribution in [0.4, 0.5) is 0 Å². The maximum Gasteiger partial charge on any atom is 0.270 e.